The number of hydrogen-bond donors (Lipinski definition) is 8. The lowest BCUT2D eigenvalue weighted by molar-refractivity contribution is -0.355. The molecule has 0 spiro atoms. The zero-order valence-electron chi connectivity index (χ0n) is 12.0. The van der Waals surface area contributed by atoms with Gasteiger partial charge in [-0.2, -0.15) is 0 Å². The first-order valence-corrected chi connectivity index (χ1v) is 7.08. The second-order valence-electron chi connectivity index (χ2n) is 5.53. The maximum Gasteiger partial charge on any atom is 0.187 e. The van der Waals surface area contributed by atoms with Gasteiger partial charge in [0.15, 0.2) is 12.6 Å². The zero-order chi connectivity index (χ0) is 17.3. The van der Waals surface area contributed by atoms with Gasteiger partial charge in [-0.1, -0.05) is 0 Å². The van der Waals surface area contributed by atoms with Gasteiger partial charge in [0.1, 0.15) is 48.8 Å². The summed E-state index contributed by atoms with van der Waals surface area (Å²) in [7, 11) is 0. The maximum atomic E-state index is 9.94. The fourth-order valence-electron chi connectivity index (χ4n) is 2.57. The van der Waals surface area contributed by atoms with Crippen LogP contribution in [0.15, 0.2) is 0 Å². The van der Waals surface area contributed by atoms with Crippen molar-refractivity contribution in [2.75, 3.05) is 13.2 Å². The van der Waals surface area contributed by atoms with E-state index in [2.05, 4.69) is 0 Å². The summed E-state index contributed by atoms with van der Waals surface area (Å²) in [6.07, 6.45) is -15.6. The Morgan fingerprint density at radius 2 is 1.26 bits per heavy atom. The molecule has 0 aromatic rings. The highest BCUT2D eigenvalue weighted by Gasteiger charge is 2.50. The molecule has 2 saturated heterocycles. The first-order valence-electron chi connectivity index (χ1n) is 7.08. The molecule has 11 nitrogen and oxygen atoms in total. The van der Waals surface area contributed by atoms with Gasteiger partial charge >= 0.3 is 0 Å². The van der Waals surface area contributed by atoms with Crippen LogP contribution in [0.5, 0.6) is 0 Å². The molecule has 0 aliphatic carbocycles. The van der Waals surface area contributed by atoms with Crippen LogP contribution in [0.2, 0.25) is 0 Å². The molecule has 0 amide bonds. The average Bonchev–Trinajstić information content (AvgIpc) is 2.55. The van der Waals surface area contributed by atoms with Crippen LogP contribution in [0.1, 0.15) is 0 Å². The Morgan fingerprint density at radius 1 is 0.652 bits per heavy atom. The number of aliphatic hydroxyl groups excluding tert-OH is 8. The SMILES string of the molecule is OC[C@H]1O[C@H](O[C@@H]2[C@H](O)[C@@H](O)C(O)O[C@@H]2CO)[C@@H](O)[C@@H](O)[C@@H]1O. The first-order chi connectivity index (χ1) is 10.8. The number of ether oxygens (including phenoxy) is 3. The molecule has 0 radical (unpaired) electrons. The van der Waals surface area contributed by atoms with Crippen LogP contribution in [-0.4, -0.2) is 115 Å². The molecule has 0 bridgehead atoms. The second-order valence-corrected chi connectivity index (χ2v) is 5.53. The van der Waals surface area contributed by atoms with Crippen LogP contribution in [-0.2, 0) is 14.2 Å². The number of aliphatic hydroxyl groups is 8. The van der Waals surface area contributed by atoms with E-state index in [-0.39, 0.29) is 0 Å². The van der Waals surface area contributed by atoms with Crippen molar-refractivity contribution in [3.05, 3.63) is 0 Å². The summed E-state index contributed by atoms with van der Waals surface area (Å²) in [6, 6.07) is 0. The van der Waals surface area contributed by atoms with Crippen molar-refractivity contribution >= 4 is 0 Å². The monoisotopic (exact) mass is 342 g/mol. The minimum Gasteiger partial charge on any atom is -0.394 e. The summed E-state index contributed by atoms with van der Waals surface area (Å²) in [4.78, 5) is 0. The molecule has 2 aliphatic heterocycles. The Labute approximate surface area is 130 Å². The van der Waals surface area contributed by atoms with Gasteiger partial charge in [0.05, 0.1) is 13.2 Å². The lowest BCUT2D eigenvalue weighted by atomic mass is 9.97. The molecule has 8 N–H and O–H groups in total. The van der Waals surface area contributed by atoms with Crippen molar-refractivity contribution < 1.29 is 55.1 Å². The van der Waals surface area contributed by atoms with Crippen molar-refractivity contribution in [2.24, 2.45) is 0 Å². The minimum atomic E-state index is -1.74. The zero-order valence-corrected chi connectivity index (χ0v) is 12.0. The largest absolute Gasteiger partial charge is 0.394 e. The van der Waals surface area contributed by atoms with Gasteiger partial charge in [0.25, 0.3) is 0 Å². The van der Waals surface area contributed by atoms with E-state index in [0.717, 1.165) is 0 Å². The highest BCUT2D eigenvalue weighted by Crippen LogP contribution is 2.28. The molecule has 0 aromatic heterocycles. The Morgan fingerprint density at radius 3 is 1.83 bits per heavy atom. The van der Waals surface area contributed by atoms with Crippen LogP contribution in [0.4, 0.5) is 0 Å². The van der Waals surface area contributed by atoms with Crippen molar-refractivity contribution in [1.29, 1.82) is 0 Å². The van der Waals surface area contributed by atoms with Gasteiger partial charge in [-0.25, -0.2) is 0 Å². The number of hydrogen-bond acceptors (Lipinski definition) is 11. The predicted octanol–water partition coefficient (Wildman–Crippen LogP) is -5.40. The fraction of sp³-hybridized carbons (Fsp3) is 1.00. The standard InChI is InChI=1S/C12H22O11/c13-1-3-5(15)6(16)9(19)12(22-3)23-10-4(2-14)21-11(20)8(18)7(10)17/h3-20H,1-2H2/t3-,4-,5-,6+,7-,8-,9+,10+,11?,12-/m1/s1. The maximum absolute atomic E-state index is 9.94. The highest BCUT2D eigenvalue weighted by molar-refractivity contribution is 4.93. The van der Waals surface area contributed by atoms with E-state index in [1.54, 1.807) is 0 Å². The average molecular weight is 342 g/mol. The topological polar surface area (TPSA) is 190 Å². The summed E-state index contributed by atoms with van der Waals surface area (Å²) in [5.41, 5.74) is 0. The summed E-state index contributed by atoms with van der Waals surface area (Å²) >= 11 is 0. The molecular formula is C12H22O11. The van der Waals surface area contributed by atoms with Gasteiger partial charge in [-0.05, 0) is 0 Å². The molecule has 136 valence electrons. The van der Waals surface area contributed by atoms with E-state index in [1.807, 2.05) is 0 Å². The Kier molecular flexibility index (Phi) is 6.27. The molecular weight excluding hydrogens is 320 g/mol. The third-order valence-corrected chi connectivity index (χ3v) is 3.98. The van der Waals surface area contributed by atoms with Crippen molar-refractivity contribution in [3.8, 4) is 0 Å². The quantitative estimate of drug-likeness (QED) is 0.243. The lowest BCUT2D eigenvalue weighted by Gasteiger charge is -2.45. The van der Waals surface area contributed by atoms with E-state index >= 15 is 0 Å². The molecule has 2 fully saturated rings. The minimum absolute atomic E-state index is 0.667. The molecule has 0 aromatic carbocycles. The Bertz CT molecular complexity index is 378. The molecule has 2 rings (SSSR count). The molecule has 2 aliphatic rings. The second kappa shape index (κ2) is 7.63. The smallest absolute Gasteiger partial charge is 0.187 e. The van der Waals surface area contributed by atoms with Gasteiger partial charge in [-0.15, -0.1) is 0 Å². The fourth-order valence-corrected chi connectivity index (χ4v) is 2.57. The van der Waals surface area contributed by atoms with Crippen molar-refractivity contribution in [1.82, 2.24) is 0 Å². The summed E-state index contributed by atoms with van der Waals surface area (Å²) in [6.45, 7) is -1.35. The van der Waals surface area contributed by atoms with E-state index in [9.17, 15) is 35.7 Å². The highest BCUT2D eigenvalue weighted by atomic mass is 16.7. The van der Waals surface area contributed by atoms with Crippen molar-refractivity contribution in [2.45, 2.75) is 61.4 Å². The van der Waals surface area contributed by atoms with Crippen LogP contribution in [0.3, 0.4) is 0 Å². The van der Waals surface area contributed by atoms with Gasteiger partial charge in [0, 0.05) is 0 Å². The Balaban J connectivity index is 2.11. The number of rotatable bonds is 4. The van der Waals surface area contributed by atoms with E-state index < -0.39 is 74.6 Å². The molecule has 2 heterocycles. The molecule has 10 atom stereocenters. The lowest BCUT2D eigenvalue weighted by Crippen LogP contribution is -2.64. The van der Waals surface area contributed by atoms with Gasteiger partial charge in [-0.3, -0.25) is 0 Å². The van der Waals surface area contributed by atoms with Gasteiger partial charge < -0.3 is 55.1 Å². The van der Waals surface area contributed by atoms with Gasteiger partial charge in [0.2, 0.25) is 0 Å². The van der Waals surface area contributed by atoms with Crippen LogP contribution < -0.4 is 0 Å². The first kappa shape index (κ1) is 18.9. The molecule has 1 unspecified atom stereocenters. The normalized spacial score (nSPS) is 51.7. The van der Waals surface area contributed by atoms with Crippen LogP contribution in [0, 0.1) is 0 Å². The van der Waals surface area contributed by atoms with Crippen LogP contribution >= 0.6 is 0 Å². The molecule has 11 heteroatoms. The predicted molar refractivity (Wildman–Crippen MR) is 68.6 cm³/mol. The third-order valence-electron chi connectivity index (χ3n) is 3.98. The third kappa shape index (κ3) is 3.65. The summed E-state index contributed by atoms with van der Waals surface area (Å²) in [5, 5.41) is 76.5. The van der Waals surface area contributed by atoms with E-state index in [1.165, 1.54) is 0 Å². The van der Waals surface area contributed by atoms with Crippen molar-refractivity contribution in [3.63, 3.8) is 0 Å². The summed E-state index contributed by atoms with van der Waals surface area (Å²) in [5.74, 6) is 0. The summed E-state index contributed by atoms with van der Waals surface area (Å²) < 4.78 is 15.3. The Hall–Kier alpha value is -0.440. The molecule has 0 saturated carbocycles. The van der Waals surface area contributed by atoms with Crippen LogP contribution in [0.25, 0.3) is 0 Å². The van der Waals surface area contributed by atoms with E-state index in [4.69, 9.17) is 19.3 Å². The molecule has 23 heavy (non-hydrogen) atoms. The van der Waals surface area contributed by atoms with E-state index in [0.29, 0.717) is 0 Å².